The fourth-order valence-corrected chi connectivity index (χ4v) is 2.98. The van der Waals surface area contributed by atoms with Crippen LogP contribution >= 0.6 is 24.0 Å². The maximum atomic E-state index is 12.3. The summed E-state index contributed by atoms with van der Waals surface area (Å²) in [6.07, 6.45) is 4.98. The quantitative estimate of drug-likeness (QED) is 0.212. The number of pyridine rings is 1. The second-order valence-corrected chi connectivity index (χ2v) is 6.85. The molecule has 0 aromatic carbocycles. The van der Waals surface area contributed by atoms with Gasteiger partial charge in [-0.25, -0.2) is 4.99 Å². The van der Waals surface area contributed by atoms with Crippen LogP contribution in [0.1, 0.15) is 31.9 Å². The fourth-order valence-electron chi connectivity index (χ4n) is 2.98. The van der Waals surface area contributed by atoms with Crippen LogP contribution in [0.3, 0.4) is 0 Å². The fraction of sp³-hybridized carbons (Fsp3) is 0.600. The van der Waals surface area contributed by atoms with Crippen molar-refractivity contribution in [1.29, 1.82) is 0 Å². The molecule has 0 aliphatic carbocycles. The molecule has 0 unspecified atom stereocenters. The van der Waals surface area contributed by atoms with Gasteiger partial charge in [-0.2, -0.15) is 0 Å². The van der Waals surface area contributed by atoms with Crippen molar-refractivity contribution in [3.8, 4) is 0 Å². The molecule has 1 saturated heterocycles. The summed E-state index contributed by atoms with van der Waals surface area (Å²) in [5.74, 6) is 0.845. The summed E-state index contributed by atoms with van der Waals surface area (Å²) < 4.78 is 0. The summed E-state index contributed by atoms with van der Waals surface area (Å²) in [6.45, 7) is 5.75. The largest absolute Gasteiger partial charge is 0.357 e. The van der Waals surface area contributed by atoms with E-state index in [1.807, 2.05) is 30.0 Å². The number of likely N-dealkylation sites (tertiary alicyclic amines) is 1. The second-order valence-electron chi connectivity index (χ2n) is 6.85. The van der Waals surface area contributed by atoms with Gasteiger partial charge < -0.3 is 20.4 Å². The highest BCUT2D eigenvalue weighted by atomic mass is 127. The number of likely N-dealkylation sites (N-methyl/N-ethyl adjacent to an activating group) is 1. The molecule has 0 atom stereocenters. The van der Waals surface area contributed by atoms with E-state index < -0.39 is 0 Å². The molecule has 2 heterocycles. The van der Waals surface area contributed by atoms with E-state index in [0.717, 1.165) is 44.6 Å². The van der Waals surface area contributed by atoms with E-state index >= 15 is 0 Å². The molecule has 1 aromatic rings. The van der Waals surface area contributed by atoms with Gasteiger partial charge in [0.25, 0.3) is 0 Å². The van der Waals surface area contributed by atoms with Gasteiger partial charge in [0.1, 0.15) is 6.54 Å². The van der Waals surface area contributed by atoms with Crippen LogP contribution in [-0.2, 0) is 16.0 Å². The van der Waals surface area contributed by atoms with Crippen LogP contribution in [0.15, 0.2) is 29.4 Å². The third-order valence-electron chi connectivity index (χ3n) is 4.64. The molecule has 9 heteroatoms. The van der Waals surface area contributed by atoms with Crippen LogP contribution in [0.5, 0.6) is 0 Å². The first kappa shape index (κ1) is 25.1. The lowest BCUT2D eigenvalue weighted by molar-refractivity contribution is -0.128. The molecular formula is C20H33IN6O2. The smallest absolute Gasteiger partial charge is 0.244 e. The molecular weight excluding hydrogens is 483 g/mol. The van der Waals surface area contributed by atoms with Crippen molar-refractivity contribution in [3.63, 3.8) is 0 Å². The Bertz CT molecular complexity index is 656. The molecule has 2 amide bonds. The standard InChI is InChI=1S/C20H32N6O2.HI/c1-3-21-20(23-12-7-14-26-13-6-9-18(26)27)24-16-19(28)25(2)15-10-17-8-4-5-11-22-17;/h4-5,8,11H,3,6-7,9-10,12-16H2,1-2H3,(H2,21,23,24);1H. The number of nitrogens with zero attached hydrogens (tertiary/aromatic N) is 4. The number of amides is 2. The zero-order valence-electron chi connectivity index (χ0n) is 17.4. The number of halogens is 1. The van der Waals surface area contributed by atoms with Crippen LogP contribution in [0.25, 0.3) is 0 Å². The van der Waals surface area contributed by atoms with Gasteiger partial charge in [-0.15, -0.1) is 24.0 Å². The molecule has 2 N–H and O–H groups in total. The van der Waals surface area contributed by atoms with Crippen molar-refractivity contribution in [2.45, 2.75) is 32.6 Å². The number of guanidine groups is 1. The van der Waals surface area contributed by atoms with E-state index in [4.69, 9.17) is 0 Å². The average Bonchev–Trinajstić information content (AvgIpc) is 3.12. The third kappa shape index (κ3) is 9.42. The Balaban J connectivity index is 0.00000420. The molecule has 0 bridgehead atoms. The molecule has 1 fully saturated rings. The number of aliphatic imine (C=N–C) groups is 1. The molecule has 162 valence electrons. The topological polar surface area (TPSA) is 89.9 Å². The van der Waals surface area contributed by atoms with Gasteiger partial charge in [-0.3, -0.25) is 14.6 Å². The van der Waals surface area contributed by atoms with Crippen molar-refractivity contribution in [1.82, 2.24) is 25.4 Å². The molecule has 0 spiro atoms. The van der Waals surface area contributed by atoms with Gasteiger partial charge >= 0.3 is 0 Å². The summed E-state index contributed by atoms with van der Waals surface area (Å²) in [6, 6.07) is 5.78. The molecule has 0 radical (unpaired) electrons. The molecule has 1 aliphatic heterocycles. The molecule has 8 nitrogen and oxygen atoms in total. The number of rotatable bonds is 10. The molecule has 2 rings (SSSR count). The molecule has 29 heavy (non-hydrogen) atoms. The van der Waals surface area contributed by atoms with Crippen LogP contribution in [0, 0.1) is 0 Å². The number of hydrogen-bond donors (Lipinski definition) is 2. The summed E-state index contributed by atoms with van der Waals surface area (Å²) in [4.78, 5) is 36.2. The van der Waals surface area contributed by atoms with Gasteiger partial charge in [-0.05, 0) is 31.9 Å². The van der Waals surface area contributed by atoms with Gasteiger partial charge in [0, 0.05) is 64.5 Å². The Morgan fingerprint density at radius 2 is 2.17 bits per heavy atom. The Morgan fingerprint density at radius 3 is 2.83 bits per heavy atom. The zero-order valence-corrected chi connectivity index (χ0v) is 19.7. The minimum Gasteiger partial charge on any atom is -0.357 e. The lowest BCUT2D eigenvalue weighted by Crippen LogP contribution is -2.40. The van der Waals surface area contributed by atoms with E-state index in [2.05, 4.69) is 20.6 Å². The zero-order chi connectivity index (χ0) is 20.2. The van der Waals surface area contributed by atoms with Crippen LogP contribution in [-0.4, -0.2) is 78.9 Å². The molecule has 1 aliphatic rings. The number of aromatic nitrogens is 1. The number of carbonyl (C=O) groups is 2. The first-order valence-electron chi connectivity index (χ1n) is 10.0. The van der Waals surface area contributed by atoms with Crippen LogP contribution < -0.4 is 10.6 Å². The van der Waals surface area contributed by atoms with E-state index in [1.165, 1.54) is 0 Å². The SMILES string of the molecule is CCNC(=NCC(=O)N(C)CCc1ccccn1)NCCCN1CCCC1=O.I. The van der Waals surface area contributed by atoms with E-state index in [-0.39, 0.29) is 42.3 Å². The van der Waals surface area contributed by atoms with Crippen LogP contribution in [0.4, 0.5) is 0 Å². The molecule has 1 aromatic heterocycles. The highest BCUT2D eigenvalue weighted by Crippen LogP contribution is 2.09. The van der Waals surface area contributed by atoms with Crippen molar-refractivity contribution in [2.24, 2.45) is 4.99 Å². The lowest BCUT2D eigenvalue weighted by Gasteiger charge is -2.17. The Hall–Kier alpha value is -1.91. The van der Waals surface area contributed by atoms with Gasteiger partial charge in [0.05, 0.1) is 0 Å². The van der Waals surface area contributed by atoms with Crippen LogP contribution in [0.2, 0.25) is 0 Å². The van der Waals surface area contributed by atoms with Gasteiger partial charge in [0.2, 0.25) is 11.8 Å². The second kappa shape index (κ2) is 14.1. The van der Waals surface area contributed by atoms with Crippen molar-refractivity contribution >= 4 is 41.8 Å². The number of hydrogen-bond acceptors (Lipinski definition) is 4. The highest BCUT2D eigenvalue weighted by molar-refractivity contribution is 14.0. The normalized spacial score (nSPS) is 13.8. The summed E-state index contributed by atoms with van der Waals surface area (Å²) in [5.41, 5.74) is 0.970. The predicted octanol–water partition coefficient (Wildman–Crippen LogP) is 1.27. The monoisotopic (exact) mass is 516 g/mol. The lowest BCUT2D eigenvalue weighted by atomic mass is 10.2. The third-order valence-corrected chi connectivity index (χ3v) is 4.64. The van der Waals surface area contributed by atoms with E-state index in [9.17, 15) is 9.59 Å². The van der Waals surface area contributed by atoms with Gasteiger partial charge in [-0.1, -0.05) is 6.07 Å². The minimum absolute atomic E-state index is 0. The Morgan fingerprint density at radius 1 is 1.34 bits per heavy atom. The van der Waals surface area contributed by atoms with E-state index in [0.29, 0.717) is 25.5 Å². The number of carbonyl (C=O) groups excluding carboxylic acids is 2. The van der Waals surface area contributed by atoms with E-state index in [1.54, 1.807) is 18.1 Å². The van der Waals surface area contributed by atoms with Crippen molar-refractivity contribution in [2.75, 3.05) is 46.3 Å². The summed E-state index contributed by atoms with van der Waals surface area (Å²) >= 11 is 0. The van der Waals surface area contributed by atoms with Crippen molar-refractivity contribution in [3.05, 3.63) is 30.1 Å². The maximum Gasteiger partial charge on any atom is 0.244 e. The predicted molar refractivity (Wildman–Crippen MR) is 125 cm³/mol. The highest BCUT2D eigenvalue weighted by Gasteiger charge is 2.19. The minimum atomic E-state index is -0.0317. The summed E-state index contributed by atoms with van der Waals surface area (Å²) in [5, 5.41) is 6.38. The first-order valence-corrected chi connectivity index (χ1v) is 10.0. The average molecular weight is 516 g/mol. The van der Waals surface area contributed by atoms with Gasteiger partial charge in [0.15, 0.2) is 5.96 Å². The number of nitrogens with one attached hydrogen (secondary N) is 2. The molecule has 0 saturated carbocycles. The first-order chi connectivity index (χ1) is 13.6. The summed E-state index contributed by atoms with van der Waals surface area (Å²) in [7, 11) is 1.79. The van der Waals surface area contributed by atoms with Crippen molar-refractivity contribution < 1.29 is 9.59 Å². The maximum absolute atomic E-state index is 12.3. The Labute approximate surface area is 190 Å². The Kier molecular flexibility index (Phi) is 12.2.